The predicted octanol–water partition coefficient (Wildman–Crippen LogP) is 4.21. The third-order valence-electron chi connectivity index (χ3n) is 3.45. The van der Waals surface area contributed by atoms with Crippen molar-refractivity contribution in [2.75, 3.05) is 11.9 Å². The summed E-state index contributed by atoms with van der Waals surface area (Å²) in [5.74, 6) is 0.0713. The summed E-state index contributed by atoms with van der Waals surface area (Å²) >= 11 is 6.72. The normalized spacial score (nSPS) is 16.8. The zero-order valence-electron chi connectivity index (χ0n) is 10.2. The van der Waals surface area contributed by atoms with Crippen LogP contribution in [0.4, 0.5) is 0 Å². The Bertz CT molecular complexity index is 399. The molecule has 1 amide bonds. The number of furan rings is 1. The second kappa shape index (κ2) is 6.75. The van der Waals surface area contributed by atoms with E-state index in [0.29, 0.717) is 16.3 Å². The van der Waals surface area contributed by atoms with E-state index >= 15 is 0 Å². The lowest BCUT2D eigenvalue weighted by molar-refractivity contribution is 0.0649. The molecule has 1 aromatic heterocycles. The highest BCUT2D eigenvalue weighted by Gasteiger charge is 2.27. The number of rotatable bonds is 4. The summed E-state index contributed by atoms with van der Waals surface area (Å²) in [4.78, 5) is 14.5. The minimum absolute atomic E-state index is 0.0713. The molecule has 1 heterocycles. The van der Waals surface area contributed by atoms with Crippen LogP contribution in [0.3, 0.4) is 0 Å². The van der Waals surface area contributed by atoms with Crippen molar-refractivity contribution < 1.29 is 9.21 Å². The fourth-order valence-electron chi connectivity index (χ4n) is 2.53. The standard InChI is InChI=1S/C13H17Br2NO2/c14-7-8-16(10-4-2-1-3-5-10)13(17)11-6-9-18-12(11)15/h6,9-10H,1-5,7-8H2. The molecule has 0 aromatic carbocycles. The molecule has 0 radical (unpaired) electrons. The summed E-state index contributed by atoms with van der Waals surface area (Å²) in [6.45, 7) is 0.751. The second-order valence-electron chi connectivity index (χ2n) is 4.59. The van der Waals surface area contributed by atoms with Crippen LogP contribution in [0.25, 0.3) is 0 Å². The van der Waals surface area contributed by atoms with Crippen molar-refractivity contribution in [3.8, 4) is 0 Å². The molecule has 18 heavy (non-hydrogen) atoms. The van der Waals surface area contributed by atoms with Crippen molar-refractivity contribution in [2.24, 2.45) is 0 Å². The van der Waals surface area contributed by atoms with E-state index in [1.54, 1.807) is 12.3 Å². The number of amides is 1. The average Bonchev–Trinajstić information content (AvgIpc) is 2.82. The fraction of sp³-hybridized carbons (Fsp3) is 0.615. The van der Waals surface area contributed by atoms with Gasteiger partial charge in [-0.15, -0.1) is 0 Å². The van der Waals surface area contributed by atoms with Gasteiger partial charge < -0.3 is 9.32 Å². The zero-order valence-corrected chi connectivity index (χ0v) is 13.4. The molecule has 1 aliphatic rings. The van der Waals surface area contributed by atoms with Crippen LogP contribution in [0.2, 0.25) is 0 Å². The Morgan fingerprint density at radius 1 is 1.39 bits per heavy atom. The molecule has 0 N–H and O–H groups in total. The van der Waals surface area contributed by atoms with E-state index in [1.165, 1.54) is 19.3 Å². The summed E-state index contributed by atoms with van der Waals surface area (Å²) in [7, 11) is 0. The molecule has 0 spiro atoms. The molecule has 5 heteroatoms. The number of carbonyl (C=O) groups excluding carboxylic acids is 1. The number of halogens is 2. The summed E-state index contributed by atoms with van der Waals surface area (Å²) in [6, 6.07) is 2.11. The first-order chi connectivity index (χ1) is 8.74. The number of hydrogen-bond acceptors (Lipinski definition) is 2. The van der Waals surface area contributed by atoms with E-state index in [1.807, 2.05) is 4.90 Å². The fourth-order valence-corrected chi connectivity index (χ4v) is 3.33. The van der Waals surface area contributed by atoms with Gasteiger partial charge in [-0.1, -0.05) is 35.2 Å². The molecule has 1 aliphatic carbocycles. The maximum atomic E-state index is 12.5. The Balaban J connectivity index is 2.13. The lowest BCUT2D eigenvalue weighted by Crippen LogP contribution is -2.42. The quantitative estimate of drug-likeness (QED) is 0.735. The third-order valence-corrected chi connectivity index (χ3v) is 4.42. The lowest BCUT2D eigenvalue weighted by atomic mass is 9.94. The Morgan fingerprint density at radius 2 is 2.11 bits per heavy atom. The van der Waals surface area contributed by atoms with E-state index < -0.39 is 0 Å². The van der Waals surface area contributed by atoms with Gasteiger partial charge >= 0.3 is 0 Å². The summed E-state index contributed by atoms with van der Waals surface area (Å²) < 4.78 is 5.69. The highest BCUT2D eigenvalue weighted by molar-refractivity contribution is 9.10. The molecule has 0 saturated heterocycles. The van der Waals surface area contributed by atoms with Crippen molar-refractivity contribution in [3.63, 3.8) is 0 Å². The monoisotopic (exact) mass is 377 g/mol. The van der Waals surface area contributed by atoms with Gasteiger partial charge in [0.1, 0.15) is 0 Å². The summed E-state index contributed by atoms with van der Waals surface area (Å²) in [6.07, 6.45) is 7.53. The van der Waals surface area contributed by atoms with Crippen LogP contribution in [0.1, 0.15) is 42.5 Å². The molecular weight excluding hydrogens is 362 g/mol. The second-order valence-corrected chi connectivity index (χ2v) is 6.10. The van der Waals surface area contributed by atoms with Gasteiger partial charge in [0, 0.05) is 17.9 Å². The molecule has 0 unspecified atom stereocenters. The van der Waals surface area contributed by atoms with Gasteiger partial charge in [0.25, 0.3) is 5.91 Å². The maximum absolute atomic E-state index is 12.5. The first-order valence-electron chi connectivity index (χ1n) is 6.34. The Labute approximate surface area is 124 Å². The van der Waals surface area contributed by atoms with Gasteiger partial charge in [0.05, 0.1) is 11.8 Å². The molecule has 100 valence electrons. The first-order valence-corrected chi connectivity index (χ1v) is 8.25. The molecule has 0 atom stereocenters. The minimum atomic E-state index is 0.0713. The van der Waals surface area contributed by atoms with Gasteiger partial charge in [-0.25, -0.2) is 0 Å². The van der Waals surface area contributed by atoms with E-state index in [4.69, 9.17) is 4.42 Å². The average molecular weight is 379 g/mol. The Morgan fingerprint density at radius 3 is 2.67 bits per heavy atom. The minimum Gasteiger partial charge on any atom is -0.457 e. The Hall–Kier alpha value is -0.290. The largest absolute Gasteiger partial charge is 0.457 e. The third kappa shape index (κ3) is 3.18. The summed E-state index contributed by atoms with van der Waals surface area (Å²) in [5.41, 5.74) is 0.626. The first kappa shape index (κ1) is 14.1. The Kier molecular flexibility index (Phi) is 5.30. The maximum Gasteiger partial charge on any atom is 0.258 e. The van der Waals surface area contributed by atoms with Crippen LogP contribution in [0.5, 0.6) is 0 Å². The predicted molar refractivity (Wildman–Crippen MR) is 78.1 cm³/mol. The zero-order chi connectivity index (χ0) is 13.0. The molecule has 1 fully saturated rings. The van der Waals surface area contributed by atoms with Gasteiger partial charge in [-0.05, 0) is 34.8 Å². The smallest absolute Gasteiger partial charge is 0.258 e. The highest BCUT2D eigenvalue weighted by Crippen LogP contribution is 2.26. The molecule has 3 nitrogen and oxygen atoms in total. The van der Waals surface area contributed by atoms with Crippen LogP contribution in [-0.2, 0) is 0 Å². The van der Waals surface area contributed by atoms with E-state index in [9.17, 15) is 4.79 Å². The molecular formula is C13H17Br2NO2. The molecule has 1 saturated carbocycles. The van der Waals surface area contributed by atoms with Crippen molar-refractivity contribution in [1.82, 2.24) is 4.90 Å². The number of carbonyl (C=O) groups is 1. The van der Waals surface area contributed by atoms with Crippen LogP contribution in [0.15, 0.2) is 21.4 Å². The number of alkyl halides is 1. The topological polar surface area (TPSA) is 33.5 Å². The van der Waals surface area contributed by atoms with Crippen LogP contribution >= 0.6 is 31.9 Å². The van der Waals surface area contributed by atoms with Gasteiger partial charge in [0.2, 0.25) is 0 Å². The van der Waals surface area contributed by atoms with Crippen LogP contribution in [0, 0.1) is 0 Å². The van der Waals surface area contributed by atoms with Crippen molar-refractivity contribution in [1.29, 1.82) is 0 Å². The van der Waals surface area contributed by atoms with Crippen molar-refractivity contribution in [3.05, 3.63) is 22.6 Å². The van der Waals surface area contributed by atoms with Crippen molar-refractivity contribution in [2.45, 2.75) is 38.1 Å². The van der Waals surface area contributed by atoms with Crippen molar-refractivity contribution >= 4 is 37.8 Å². The molecule has 0 bridgehead atoms. The SMILES string of the molecule is O=C(c1ccoc1Br)N(CCBr)C1CCCCC1. The molecule has 2 rings (SSSR count). The lowest BCUT2D eigenvalue weighted by Gasteiger charge is -2.34. The van der Waals surface area contributed by atoms with Crippen LogP contribution < -0.4 is 0 Å². The number of nitrogens with zero attached hydrogens (tertiary/aromatic N) is 1. The van der Waals surface area contributed by atoms with Gasteiger partial charge in [-0.3, -0.25) is 4.79 Å². The summed E-state index contributed by atoms with van der Waals surface area (Å²) in [5, 5.41) is 0.810. The highest BCUT2D eigenvalue weighted by atomic mass is 79.9. The van der Waals surface area contributed by atoms with Crippen LogP contribution in [-0.4, -0.2) is 28.7 Å². The van der Waals surface area contributed by atoms with E-state index in [2.05, 4.69) is 31.9 Å². The molecule has 0 aliphatic heterocycles. The van der Waals surface area contributed by atoms with E-state index in [0.717, 1.165) is 24.7 Å². The van der Waals surface area contributed by atoms with Gasteiger partial charge in [-0.2, -0.15) is 0 Å². The van der Waals surface area contributed by atoms with E-state index in [-0.39, 0.29) is 5.91 Å². The molecule has 1 aromatic rings. The van der Waals surface area contributed by atoms with Gasteiger partial charge in [0.15, 0.2) is 4.67 Å². The number of hydrogen-bond donors (Lipinski definition) is 0.